The van der Waals surface area contributed by atoms with Gasteiger partial charge in [0.1, 0.15) is 16.9 Å². The van der Waals surface area contributed by atoms with Gasteiger partial charge in [-0.3, -0.25) is 9.00 Å². The van der Waals surface area contributed by atoms with Crippen LogP contribution in [0.5, 0.6) is 0 Å². The topological polar surface area (TPSA) is 88.8 Å². The second kappa shape index (κ2) is 8.24. The molecule has 1 atom stereocenters. The molecule has 0 radical (unpaired) electrons. The lowest BCUT2D eigenvalue weighted by Gasteiger charge is -2.06. The second-order valence-electron chi connectivity index (χ2n) is 5.43. The Morgan fingerprint density at radius 1 is 1.12 bits per heavy atom. The summed E-state index contributed by atoms with van der Waals surface area (Å²) in [6.45, 7) is 0.816. The van der Waals surface area contributed by atoms with E-state index in [1.807, 2.05) is 30.3 Å². The number of fused-ring (bicyclic) bond motifs is 3. The highest BCUT2D eigenvalue weighted by Crippen LogP contribution is 2.29. The van der Waals surface area contributed by atoms with Crippen molar-refractivity contribution in [2.75, 3.05) is 32.1 Å². The maximum Gasteiger partial charge on any atom is 0.233 e. The van der Waals surface area contributed by atoms with Crippen molar-refractivity contribution in [3.8, 4) is 0 Å². The number of amides is 1. The first-order valence-corrected chi connectivity index (χ1v) is 9.26. The second-order valence-corrected chi connectivity index (χ2v) is 6.88. The SMILES string of the molecule is O=C(CS(=O)c1ccc2oc3ccccc3c2c1)NCCOCCO. The molecule has 3 rings (SSSR count). The summed E-state index contributed by atoms with van der Waals surface area (Å²) < 4.78 is 23.2. The summed E-state index contributed by atoms with van der Waals surface area (Å²) in [4.78, 5) is 12.4. The Balaban J connectivity index is 1.65. The van der Waals surface area contributed by atoms with Crippen LogP contribution in [-0.2, 0) is 20.3 Å². The Morgan fingerprint density at radius 2 is 1.92 bits per heavy atom. The van der Waals surface area contributed by atoms with Crippen LogP contribution in [0.25, 0.3) is 21.9 Å². The van der Waals surface area contributed by atoms with Crippen molar-refractivity contribution in [1.29, 1.82) is 0 Å². The normalized spacial score (nSPS) is 12.5. The van der Waals surface area contributed by atoms with E-state index in [-0.39, 0.29) is 24.9 Å². The van der Waals surface area contributed by atoms with Crippen LogP contribution in [0.3, 0.4) is 0 Å². The number of nitrogens with one attached hydrogen (secondary N) is 1. The van der Waals surface area contributed by atoms with Crippen molar-refractivity contribution in [1.82, 2.24) is 5.32 Å². The third-order valence-corrected chi connectivity index (χ3v) is 4.98. The minimum Gasteiger partial charge on any atom is -0.456 e. The summed E-state index contributed by atoms with van der Waals surface area (Å²) in [7, 11) is -1.44. The number of carbonyl (C=O) groups is 1. The molecule has 0 fully saturated rings. The highest BCUT2D eigenvalue weighted by atomic mass is 32.2. The van der Waals surface area contributed by atoms with Crippen LogP contribution in [0.2, 0.25) is 0 Å². The van der Waals surface area contributed by atoms with Crippen molar-refractivity contribution >= 4 is 38.6 Å². The maximum atomic E-state index is 12.4. The number of furan rings is 1. The average molecular weight is 361 g/mol. The summed E-state index contributed by atoms with van der Waals surface area (Å²) in [6.07, 6.45) is 0. The molecule has 25 heavy (non-hydrogen) atoms. The monoisotopic (exact) mass is 361 g/mol. The van der Waals surface area contributed by atoms with Gasteiger partial charge in [0.05, 0.1) is 30.6 Å². The number of aliphatic hydroxyl groups is 1. The molecule has 0 aliphatic carbocycles. The van der Waals surface area contributed by atoms with Crippen LogP contribution < -0.4 is 5.32 Å². The zero-order chi connectivity index (χ0) is 17.6. The lowest BCUT2D eigenvalue weighted by atomic mass is 10.1. The Morgan fingerprint density at radius 3 is 2.76 bits per heavy atom. The van der Waals surface area contributed by atoms with E-state index in [1.165, 1.54) is 0 Å². The van der Waals surface area contributed by atoms with Crippen LogP contribution >= 0.6 is 0 Å². The highest BCUT2D eigenvalue weighted by Gasteiger charge is 2.13. The first-order valence-electron chi connectivity index (χ1n) is 7.94. The number of aliphatic hydroxyl groups excluding tert-OH is 1. The molecule has 0 spiro atoms. The zero-order valence-corrected chi connectivity index (χ0v) is 14.4. The number of rotatable bonds is 8. The van der Waals surface area contributed by atoms with Crippen LogP contribution in [0.1, 0.15) is 0 Å². The van der Waals surface area contributed by atoms with Gasteiger partial charge in [-0.2, -0.15) is 0 Å². The van der Waals surface area contributed by atoms with Gasteiger partial charge in [-0.25, -0.2) is 0 Å². The molecule has 1 aromatic heterocycles. The van der Waals surface area contributed by atoms with E-state index >= 15 is 0 Å². The molecule has 0 saturated carbocycles. The number of benzene rings is 2. The molecular formula is C18H19NO5S. The van der Waals surface area contributed by atoms with Gasteiger partial charge < -0.3 is 19.6 Å². The lowest BCUT2D eigenvalue weighted by molar-refractivity contribution is -0.118. The fraction of sp³-hybridized carbons (Fsp3) is 0.278. The van der Waals surface area contributed by atoms with E-state index in [0.29, 0.717) is 18.0 Å². The molecule has 2 aromatic carbocycles. The third kappa shape index (κ3) is 4.25. The Hall–Kier alpha value is -2.22. The van der Waals surface area contributed by atoms with Gasteiger partial charge in [0.2, 0.25) is 5.91 Å². The van der Waals surface area contributed by atoms with E-state index in [0.717, 1.165) is 21.9 Å². The Kier molecular flexibility index (Phi) is 5.80. The van der Waals surface area contributed by atoms with Gasteiger partial charge in [0.25, 0.3) is 0 Å². The molecule has 132 valence electrons. The lowest BCUT2D eigenvalue weighted by Crippen LogP contribution is -2.31. The summed E-state index contributed by atoms with van der Waals surface area (Å²) in [5.41, 5.74) is 1.51. The highest BCUT2D eigenvalue weighted by molar-refractivity contribution is 7.85. The van der Waals surface area contributed by atoms with E-state index in [4.69, 9.17) is 14.3 Å². The molecule has 0 aliphatic rings. The van der Waals surface area contributed by atoms with Gasteiger partial charge in [0, 0.05) is 22.2 Å². The van der Waals surface area contributed by atoms with E-state index in [2.05, 4.69) is 5.32 Å². The van der Waals surface area contributed by atoms with Crippen molar-refractivity contribution in [3.63, 3.8) is 0 Å². The molecular weight excluding hydrogens is 342 g/mol. The van der Waals surface area contributed by atoms with Crippen molar-refractivity contribution in [2.24, 2.45) is 0 Å². The van der Waals surface area contributed by atoms with Crippen molar-refractivity contribution in [3.05, 3.63) is 42.5 Å². The number of hydrogen-bond acceptors (Lipinski definition) is 5. The first-order chi connectivity index (χ1) is 12.2. The summed E-state index contributed by atoms with van der Waals surface area (Å²) in [5.74, 6) is -0.413. The van der Waals surface area contributed by atoms with Gasteiger partial charge >= 0.3 is 0 Å². The van der Waals surface area contributed by atoms with Crippen LogP contribution in [-0.4, -0.2) is 47.3 Å². The van der Waals surface area contributed by atoms with E-state index in [9.17, 15) is 9.00 Å². The minimum atomic E-state index is -1.44. The van der Waals surface area contributed by atoms with E-state index in [1.54, 1.807) is 12.1 Å². The predicted octanol–water partition coefficient (Wildman–Crippen LogP) is 1.82. The number of ether oxygens (including phenoxy) is 1. The molecule has 7 heteroatoms. The van der Waals surface area contributed by atoms with Crippen LogP contribution in [0.15, 0.2) is 51.8 Å². The van der Waals surface area contributed by atoms with Gasteiger partial charge in [0.15, 0.2) is 0 Å². The minimum absolute atomic E-state index is 0.0524. The van der Waals surface area contributed by atoms with E-state index < -0.39 is 10.8 Å². The summed E-state index contributed by atoms with van der Waals surface area (Å²) in [5, 5.41) is 13.1. The fourth-order valence-electron chi connectivity index (χ4n) is 2.53. The van der Waals surface area contributed by atoms with Crippen molar-refractivity contribution < 1.29 is 23.3 Å². The summed E-state index contributed by atoms with van der Waals surface area (Å²) in [6, 6.07) is 13.0. The Labute approximate surface area is 147 Å². The molecule has 6 nitrogen and oxygen atoms in total. The van der Waals surface area contributed by atoms with Crippen molar-refractivity contribution in [2.45, 2.75) is 4.90 Å². The summed E-state index contributed by atoms with van der Waals surface area (Å²) >= 11 is 0. The van der Waals surface area contributed by atoms with Gasteiger partial charge in [-0.05, 0) is 24.3 Å². The maximum absolute atomic E-state index is 12.4. The quantitative estimate of drug-likeness (QED) is 0.598. The fourth-order valence-corrected chi connectivity index (χ4v) is 3.51. The van der Waals surface area contributed by atoms with Gasteiger partial charge in [-0.15, -0.1) is 0 Å². The molecule has 0 bridgehead atoms. The molecule has 0 aliphatic heterocycles. The molecule has 1 unspecified atom stereocenters. The molecule has 1 amide bonds. The Bertz CT molecular complexity index is 905. The number of para-hydroxylation sites is 1. The van der Waals surface area contributed by atoms with Crippen LogP contribution in [0, 0.1) is 0 Å². The largest absolute Gasteiger partial charge is 0.456 e. The molecule has 2 N–H and O–H groups in total. The smallest absolute Gasteiger partial charge is 0.233 e. The molecule has 1 heterocycles. The third-order valence-electron chi connectivity index (χ3n) is 3.68. The average Bonchev–Trinajstić information content (AvgIpc) is 2.99. The standard InChI is InChI=1S/C18H19NO5S/c20-8-10-23-9-7-19-18(21)12-25(22)13-5-6-17-15(11-13)14-3-1-2-4-16(14)24-17/h1-6,11,20H,7-10,12H2,(H,19,21). The number of hydrogen-bond donors (Lipinski definition) is 2. The first kappa shape index (κ1) is 17.6. The van der Waals surface area contributed by atoms with Gasteiger partial charge in [-0.1, -0.05) is 18.2 Å². The molecule has 0 saturated heterocycles. The molecule has 3 aromatic rings. The zero-order valence-electron chi connectivity index (χ0n) is 13.6. The number of carbonyl (C=O) groups excluding carboxylic acids is 1. The predicted molar refractivity (Wildman–Crippen MR) is 95.9 cm³/mol. The van der Waals surface area contributed by atoms with Crippen LogP contribution in [0.4, 0.5) is 0 Å².